The molecule has 0 radical (unpaired) electrons. The van der Waals surface area contributed by atoms with Crippen LogP contribution in [0.3, 0.4) is 0 Å². The molecule has 0 saturated carbocycles. The number of carbonyl (C=O) groups excluding carboxylic acids is 2. The van der Waals surface area contributed by atoms with E-state index in [-0.39, 0.29) is 22.9 Å². The summed E-state index contributed by atoms with van der Waals surface area (Å²) in [5.41, 5.74) is 0.714. The molecule has 0 fully saturated rings. The average Bonchev–Trinajstić information content (AvgIpc) is 2.69. The summed E-state index contributed by atoms with van der Waals surface area (Å²) in [5, 5.41) is 5.20. The summed E-state index contributed by atoms with van der Waals surface area (Å²) in [5.74, 6) is -0.820. The molecule has 1 atom stereocenters. The minimum Gasteiger partial charge on any atom is -0.355 e. The zero-order chi connectivity index (χ0) is 20.7. The highest BCUT2D eigenvalue weighted by atomic mass is 32.2. The van der Waals surface area contributed by atoms with Crippen LogP contribution in [0.5, 0.6) is 0 Å². The minimum absolute atomic E-state index is 0.0107. The number of carbonyl (C=O) groups is 2. The van der Waals surface area contributed by atoms with E-state index in [2.05, 4.69) is 10.6 Å². The van der Waals surface area contributed by atoms with Crippen LogP contribution in [0, 0.1) is 0 Å². The molecule has 0 saturated heterocycles. The van der Waals surface area contributed by atoms with E-state index in [1.807, 2.05) is 6.07 Å². The Hall–Kier alpha value is -2.87. The molecule has 8 heteroatoms. The molecular formula is C20H25N3O4S. The lowest BCUT2D eigenvalue weighted by molar-refractivity contribution is -0.122. The van der Waals surface area contributed by atoms with Crippen LogP contribution < -0.4 is 14.9 Å². The highest BCUT2D eigenvalue weighted by Gasteiger charge is 2.25. The van der Waals surface area contributed by atoms with Gasteiger partial charge in [0.25, 0.3) is 15.9 Å². The van der Waals surface area contributed by atoms with Crippen LogP contribution in [0.2, 0.25) is 0 Å². The monoisotopic (exact) mass is 403 g/mol. The van der Waals surface area contributed by atoms with Gasteiger partial charge in [-0.05, 0) is 51.1 Å². The Labute approximate surface area is 165 Å². The van der Waals surface area contributed by atoms with Crippen LogP contribution in [-0.2, 0) is 14.8 Å². The van der Waals surface area contributed by atoms with Crippen molar-refractivity contribution in [2.24, 2.45) is 0 Å². The lowest BCUT2D eigenvalue weighted by atomic mass is 10.2. The fraction of sp³-hybridized carbons (Fsp3) is 0.300. The van der Waals surface area contributed by atoms with E-state index >= 15 is 0 Å². The SMILES string of the molecule is CCNC(=O)[C@H](C)NC(=O)c1cccc(S(=O)(=O)N(CC)c2ccccc2)c1. The third-order valence-corrected chi connectivity index (χ3v) is 6.01. The third-order valence-electron chi connectivity index (χ3n) is 4.11. The van der Waals surface area contributed by atoms with Crippen molar-refractivity contribution in [3.8, 4) is 0 Å². The quantitative estimate of drug-likeness (QED) is 0.706. The fourth-order valence-electron chi connectivity index (χ4n) is 2.68. The lowest BCUT2D eigenvalue weighted by Crippen LogP contribution is -2.44. The van der Waals surface area contributed by atoms with E-state index in [0.29, 0.717) is 12.2 Å². The first-order valence-electron chi connectivity index (χ1n) is 9.07. The van der Waals surface area contributed by atoms with Gasteiger partial charge in [0.15, 0.2) is 0 Å². The molecule has 2 N–H and O–H groups in total. The van der Waals surface area contributed by atoms with Crippen LogP contribution in [0.15, 0.2) is 59.5 Å². The number of para-hydroxylation sites is 1. The number of amides is 2. The summed E-state index contributed by atoms with van der Waals surface area (Å²) in [6.45, 7) is 5.80. The van der Waals surface area contributed by atoms with Gasteiger partial charge in [0.2, 0.25) is 5.91 Å². The molecule has 2 amide bonds. The Morgan fingerprint density at radius 3 is 2.32 bits per heavy atom. The predicted molar refractivity (Wildman–Crippen MR) is 109 cm³/mol. The van der Waals surface area contributed by atoms with Crippen LogP contribution in [0.1, 0.15) is 31.1 Å². The first-order chi connectivity index (χ1) is 13.3. The fourth-order valence-corrected chi connectivity index (χ4v) is 4.20. The van der Waals surface area contributed by atoms with Crippen LogP contribution in [0.25, 0.3) is 0 Å². The molecule has 0 aromatic heterocycles. The molecule has 2 rings (SSSR count). The number of likely N-dealkylation sites (N-methyl/N-ethyl adjacent to an activating group) is 1. The normalized spacial score (nSPS) is 12.1. The summed E-state index contributed by atoms with van der Waals surface area (Å²) >= 11 is 0. The number of anilines is 1. The molecule has 0 aliphatic carbocycles. The maximum Gasteiger partial charge on any atom is 0.264 e. The maximum absolute atomic E-state index is 13.1. The summed E-state index contributed by atoms with van der Waals surface area (Å²) in [6.07, 6.45) is 0. The molecule has 150 valence electrons. The van der Waals surface area contributed by atoms with Crippen LogP contribution in [-0.4, -0.2) is 39.4 Å². The molecular weight excluding hydrogens is 378 g/mol. The standard InChI is InChI=1S/C20H25N3O4S/c1-4-21-19(24)15(3)22-20(25)16-10-9-13-18(14-16)28(26,27)23(5-2)17-11-7-6-8-12-17/h6-15H,4-5H2,1-3H3,(H,21,24)(H,22,25)/t15-/m0/s1. The topological polar surface area (TPSA) is 95.6 Å². The van der Waals surface area contributed by atoms with Crippen LogP contribution >= 0.6 is 0 Å². The second-order valence-electron chi connectivity index (χ2n) is 6.12. The number of nitrogens with one attached hydrogen (secondary N) is 2. The van der Waals surface area contributed by atoms with Crippen molar-refractivity contribution in [2.75, 3.05) is 17.4 Å². The zero-order valence-corrected chi connectivity index (χ0v) is 17.0. The van der Waals surface area contributed by atoms with E-state index in [9.17, 15) is 18.0 Å². The van der Waals surface area contributed by atoms with Crippen molar-refractivity contribution < 1.29 is 18.0 Å². The smallest absolute Gasteiger partial charge is 0.264 e. The second kappa shape index (κ2) is 9.36. The third kappa shape index (κ3) is 4.89. The molecule has 2 aromatic carbocycles. The van der Waals surface area contributed by atoms with E-state index in [0.717, 1.165) is 0 Å². The summed E-state index contributed by atoms with van der Waals surface area (Å²) < 4.78 is 27.4. The van der Waals surface area contributed by atoms with E-state index < -0.39 is 22.0 Å². The van der Waals surface area contributed by atoms with Gasteiger partial charge in [-0.3, -0.25) is 13.9 Å². The summed E-state index contributed by atoms with van der Waals surface area (Å²) in [6, 6.07) is 13.8. The van der Waals surface area contributed by atoms with Gasteiger partial charge < -0.3 is 10.6 Å². The maximum atomic E-state index is 13.1. The Kier molecular flexibility index (Phi) is 7.17. The average molecular weight is 404 g/mol. The van der Waals surface area contributed by atoms with Crippen molar-refractivity contribution in [1.82, 2.24) is 10.6 Å². The van der Waals surface area contributed by atoms with E-state index in [1.54, 1.807) is 45.0 Å². The molecule has 0 spiro atoms. The zero-order valence-electron chi connectivity index (χ0n) is 16.2. The van der Waals surface area contributed by atoms with Crippen LogP contribution in [0.4, 0.5) is 5.69 Å². The van der Waals surface area contributed by atoms with Gasteiger partial charge in [0.05, 0.1) is 10.6 Å². The molecule has 2 aromatic rings. The first kappa shape index (κ1) is 21.4. The van der Waals surface area contributed by atoms with Crippen molar-refractivity contribution >= 4 is 27.5 Å². The largest absolute Gasteiger partial charge is 0.355 e. The van der Waals surface area contributed by atoms with Crippen molar-refractivity contribution in [1.29, 1.82) is 0 Å². The number of sulfonamides is 1. The lowest BCUT2D eigenvalue weighted by Gasteiger charge is -2.23. The minimum atomic E-state index is -3.84. The van der Waals surface area contributed by atoms with Gasteiger partial charge in [-0.15, -0.1) is 0 Å². The van der Waals surface area contributed by atoms with Gasteiger partial charge in [-0.25, -0.2) is 8.42 Å². The Bertz CT molecular complexity index is 929. The van der Waals surface area contributed by atoms with Gasteiger partial charge >= 0.3 is 0 Å². The Morgan fingerprint density at radius 1 is 1.04 bits per heavy atom. The Morgan fingerprint density at radius 2 is 1.71 bits per heavy atom. The van der Waals surface area contributed by atoms with Gasteiger partial charge in [-0.1, -0.05) is 24.3 Å². The summed E-state index contributed by atoms with van der Waals surface area (Å²) in [4.78, 5) is 24.3. The number of nitrogens with zero attached hydrogens (tertiary/aromatic N) is 1. The Balaban J connectivity index is 2.28. The molecule has 0 aliphatic heterocycles. The second-order valence-corrected chi connectivity index (χ2v) is 7.99. The highest BCUT2D eigenvalue weighted by molar-refractivity contribution is 7.92. The molecule has 0 heterocycles. The van der Waals surface area contributed by atoms with Gasteiger partial charge in [0.1, 0.15) is 6.04 Å². The van der Waals surface area contributed by atoms with Crippen molar-refractivity contribution in [3.63, 3.8) is 0 Å². The van der Waals surface area contributed by atoms with E-state index in [1.165, 1.54) is 28.6 Å². The van der Waals surface area contributed by atoms with Gasteiger partial charge in [-0.2, -0.15) is 0 Å². The van der Waals surface area contributed by atoms with Gasteiger partial charge in [0, 0.05) is 18.7 Å². The number of benzene rings is 2. The van der Waals surface area contributed by atoms with E-state index in [4.69, 9.17) is 0 Å². The van der Waals surface area contributed by atoms with Crippen molar-refractivity contribution in [2.45, 2.75) is 31.7 Å². The first-order valence-corrected chi connectivity index (χ1v) is 10.5. The number of hydrogen-bond donors (Lipinski definition) is 2. The highest BCUT2D eigenvalue weighted by Crippen LogP contribution is 2.23. The summed E-state index contributed by atoms with van der Waals surface area (Å²) in [7, 11) is -3.84. The number of hydrogen-bond acceptors (Lipinski definition) is 4. The molecule has 0 unspecified atom stereocenters. The van der Waals surface area contributed by atoms with Crippen molar-refractivity contribution in [3.05, 3.63) is 60.2 Å². The number of rotatable bonds is 8. The molecule has 0 aliphatic rings. The predicted octanol–water partition coefficient (Wildman–Crippen LogP) is 2.16. The molecule has 7 nitrogen and oxygen atoms in total. The molecule has 28 heavy (non-hydrogen) atoms. The molecule has 0 bridgehead atoms.